The Morgan fingerprint density at radius 2 is 1.67 bits per heavy atom. The number of fused-ring (bicyclic) bond motifs is 2. The maximum absolute atomic E-state index is 12.2. The number of carbonyl (C=O) groups is 2. The zero-order valence-electron chi connectivity index (χ0n) is 10.8. The summed E-state index contributed by atoms with van der Waals surface area (Å²) in [6.07, 6.45) is 8.82. The fraction of sp³-hybridized carbons (Fsp3) is 0.571. The van der Waals surface area contributed by atoms with Gasteiger partial charge in [-0.3, -0.25) is 9.69 Å². The van der Waals surface area contributed by atoms with Crippen molar-refractivity contribution in [3.05, 3.63) is 23.3 Å². The minimum atomic E-state index is -0.203. The van der Waals surface area contributed by atoms with Gasteiger partial charge in [0.1, 0.15) is 0 Å². The van der Waals surface area contributed by atoms with Gasteiger partial charge < -0.3 is 4.90 Å². The van der Waals surface area contributed by atoms with Crippen LogP contribution in [0.25, 0.3) is 0 Å². The van der Waals surface area contributed by atoms with E-state index < -0.39 is 0 Å². The molecule has 0 N–H and O–H groups in total. The zero-order chi connectivity index (χ0) is 12.9. The molecule has 3 aliphatic rings. The average Bonchev–Trinajstić information content (AvgIpc) is 2.41. The lowest BCUT2D eigenvalue weighted by Gasteiger charge is -2.42. The molecule has 0 aromatic carbocycles. The average molecular weight is 246 g/mol. The van der Waals surface area contributed by atoms with Crippen LogP contribution in [0, 0.1) is 5.92 Å². The molecule has 18 heavy (non-hydrogen) atoms. The van der Waals surface area contributed by atoms with E-state index in [0.717, 1.165) is 12.8 Å². The largest absolute Gasteiger partial charge is 0.326 e. The van der Waals surface area contributed by atoms with Crippen LogP contribution in [0.15, 0.2) is 23.3 Å². The lowest BCUT2D eigenvalue weighted by atomic mass is 9.78. The minimum absolute atomic E-state index is 0.0727. The van der Waals surface area contributed by atoms with Crippen molar-refractivity contribution in [2.45, 2.75) is 31.7 Å². The van der Waals surface area contributed by atoms with Crippen molar-refractivity contribution >= 4 is 11.9 Å². The second-order valence-corrected chi connectivity index (χ2v) is 5.40. The number of nitrogens with zero attached hydrogens (tertiary/aromatic N) is 2. The molecule has 1 saturated carbocycles. The molecular formula is C14H18N2O2. The molecule has 4 nitrogen and oxygen atoms in total. The number of likely N-dealkylation sites (N-methyl/N-ethyl adjacent to an activating group) is 1. The van der Waals surface area contributed by atoms with Crippen molar-refractivity contribution in [2.75, 3.05) is 14.1 Å². The maximum atomic E-state index is 12.2. The number of imide groups is 1. The summed E-state index contributed by atoms with van der Waals surface area (Å²) in [5.74, 6) is -0.258. The fourth-order valence-corrected chi connectivity index (χ4v) is 3.21. The topological polar surface area (TPSA) is 40.6 Å². The van der Waals surface area contributed by atoms with Crippen LogP contribution in [0.4, 0.5) is 4.79 Å². The Bertz CT molecular complexity index is 478. The number of hydrogen-bond donors (Lipinski definition) is 0. The number of urea groups is 1. The van der Waals surface area contributed by atoms with Crippen molar-refractivity contribution in [1.29, 1.82) is 0 Å². The predicted octanol–water partition coefficient (Wildman–Crippen LogP) is 1.94. The highest BCUT2D eigenvalue weighted by atomic mass is 16.2. The lowest BCUT2D eigenvalue weighted by Crippen LogP contribution is -2.58. The Kier molecular flexibility index (Phi) is 2.54. The standard InChI is InChI=1S/C14H18N2O2/c1-15-12-8-10-6-4-3-5-9(10)7-11(12)13(17)16(2)14(15)18/h7-8,11-12H,3-6H2,1-2H3/t11-,12+/m1/s1. The number of amides is 3. The van der Waals surface area contributed by atoms with Crippen LogP contribution in [0.3, 0.4) is 0 Å². The lowest BCUT2D eigenvalue weighted by molar-refractivity contribution is -0.134. The summed E-state index contributed by atoms with van der Waals surface area (Å²) in [6.45, 7) is 0. The van der Waals surface area contributed by atoms with E-state index in [0.29, 0.717) is 0 Å². The second kappa shape index (κ2) is 3.97. The van der Waals surface area contributed by atoms with E-state index in [1.54, 1.807) is 19.0 Å². The van der Waals surface area contributed by atoms with Gasteiger partial charge in [-0.1, -0.05) is 12.2 Å². The molecule has 0 radical (unpaired) electrons. The summed E-state index contributed by atoms with van der Waals surface area (Å²) < 4.78 is 0. The van der Waals surface area contributed by atoms with E-state index >= 15 is 0 Å². The fourth-order valence-electron chi connectivity index (χ4n) is 3.21. The van der Waals surface area contributed by atoms with Gasteiger partial charge in [-0.05, 0) is 36.8 Å². The summed E-state index contributed by atoms with van der Waals surface area (Å²) >= 11 is 0. The van der Waals surface area contributed by atoms with Crippen LogP contribution in [0.1, 0.15) is 25.7 Å². The molecule has 4 heteroatoms. The van der Waals surface area contributed by atoms with E-state index in [1.165, 1.54) is 28.9 Å². The second-order valence-electron chi connectivity index (χ2n) is 5.40. The molecule has 2 fully saturated rings. The van der Waals surface area contributed by atoms with Gasteiger partial charge in [0.05, 0.1) is 12.0 Å². The number of rotatable bonds is 0. The van der Waals surface area contributed by atoms with E-state index in [1.807, 2.05) is 0 Å². The summed E-state index contributed by atoms with van der Waals surface area (Å²) in [7, 11) is 3.34. The number of hydrogen-bond acceptors (Lipinski definition) is 2. The summed E-state index contributed by atoms with van der Waals surface area (Å²) in [4.78, 5) is 27.0. The third-order valence-electron chi connectivity index (χ3n) is 4.33. The van der Waals surface area contributed by atoms with E-state index in [4.69, 9.17) is 0 Å². The van der Waals surface area contributed by atoms with Gasteiger partial charge in [0.2, 0.25) is 5.91 Å². The highest BCUT2D eigenvalue weighted by molar-refractivity contribution is 5.99. The maximum Gasteiger partial charge on any atom is 0.326 e. The monoisotopic (exact) mass is 246 g/mol. The highest BCUT2D eigenvalue weighted by Crippen LogP contribution is 2.37. The Hall–Kier alpha value is -1.58. The van der Waals surface area contributed by atoms with E-state index in [9.17, 15) is 9.59 Å². The first-order chi connectivity index (χ1) is 8.59. The molecule has 3 rings (SSSR count). The van der Waals surface area contributed by atoms with Crippen LogP contribution in [0.2, 0.25) is 0 Å². The first kappa shape index (κ1) is 11.5. The Morgan fingerprint density at radius 1 is 1.06 bits per heavy atom. The van der Waals surface area contributed by atoms with Gasteiger partial charge in [-0.15, -0.1) is 0 Å². The van der Waals surface area contributed by atoms with Crippen molar-refractivity contribution in [2.24, 2.45) is 5.92 Å². The summed E-state index contributed by atoms with van der Waals surface area (Å²) in [5.41, 5.74) is 2.67. The van der Waals surface area contributed by atoms with Crippen molar-refractivity contribution in [1.82, 2.24) is 9.80 Å². The van der Waals surface area contributed by atoms with Gasteiger partial charge in [-0.25, -0.2) is 4.79 Å². The third-order valence-corrected chi connectivity index (χ3v) is 4.33. The first-order valence-corrected chi connectivity index (χ1v) is 6.55. The van der Waals surface area contributed by atoms with Crippen LogP contribution in [0.5, 0.6) is 0 Å². The molecule has 2 aliphatic carbocycles. The van der Waals surface area contributed by atoms with Gasteiger partial charge >= 0.3 is 6.03 Å². The summed E-state index contributed by atoms with van der Waals surface area (Å²) in [5, 5.41) is 0. The molecule has 0 aromatic rings. The molecule has 3 amide bonds. The molecule has 1 saturated heterocycles. The molecular weight excluding hydrogens is 228 g/mol. The van der Waals surface area contributed by atoms with Crippen molar-refractivity contribution < 1.29 is 9.59 Å². The van der Waals surface area contributed by atoms with Gasteiger partial charge in [0, 0.05) is 14.1 Å². The normalized spacial score (nSPS) is 31.7. The molecule has 0 bridgehead atoms. The van der Waals surface area contributed by atoms with Crippen LogP contribution < -0.4 is 0 Å². The zero-order valence-corrected chi connectivity index (χ0v) is 10.8. The third kappa shape index (κ3) is 1.51. The molecule has 0 unspecified atom stereocenters. The Balaban J connectivity index is 1.99. The van der Waals surface area contributed by atoms with Crippen molar-refractivity contribution in [3.8, 4) is 0 Å². The molecule has 1 heterocycles. The Labute approximate surface area is 107 Å². The quantitative estimate of drug-likeness (QED) is 0.655. The number of carbonyl (C=O) groups excluding carboxylic acids is 2. The minimum Gasteiger partial charge on any atom is -0.320 e. The number of allylic oxidation sites excluding steroid dienone is 2. The van der Waals surface area contributed by atoms with Crippen LogP contribution in [-0.4, -0.2) is 41.9 Å². The van der Waals surface area contributed by atoms with E-state index in [2.05, 4.69) is 12.2 Å². The van der Waals surface area contributed by atoms with Gasteiger partial charge in [-0.2, -0.15) is 0 Å². The molecule has 0 aromatic heterocycles. The van der Waals surface area contributed by atoms with Gasteiger partial charge in [0.25, 0.3) is 0 Å². The van der Waals surface area contributed by atoms with Crippen LogP contribution >= 0.6 is 0 Å². The SMILES string of the molecule is CN1C(=O)[C@@H]2C=C3CCCCC3=C[C@@H]2N(C)C1=O. The van der Waals surface area contributed by atoms with Crippen molar-refractivity contribution in [3.63, 3.8) is 0 Å². The van der Waals surface area contributed by atoms with E-state index in [-0.39, 0.29) is 23.9 Å². The Morgan fingerprint density at radius 3 is 2.33 bits per heavy atom. The van der Waals surface area contributed by atoms with Crippen LogP contribution in [-0.2, 0) is 4.79 Å². The predicted molar refractivity (Wildman–Crippen MR) is 67.8 cm³/mol. The molecule has 2 atom stereocenters. The first-order valence-electron chi connectivity index (χ1n) is 6.55. The smallest absolute Gasteiger partial charge is 0.320 e. The van der Waals surface area contributed by atoms with Gasteiger partial charge in [0.15, 0.2) is 0 Å². The molecule has 0 spiro atoms. The molecule has 96 valence electrons. The summed E-state index contributed by atoms with van der Waals surface area (Å²) in [6, 6.07) is -0.288. The highest BCUT2D eigenvalue weighted by Gasteiger charge is 2.43. The molecule has 1 aliphatic heterocycles.